The van der Waals surface area contributed by atoms with Crippen LogP contribution in [0.25, 0.3) is 10.8 Å². The largest absolute Gasteiger partial charge is 0.463 e. The number of rotatable bonds is 11. The number of fused-ring (bicyclic) bond motifs is 1. The maximum absolute atomic E-state index is 10.7. The van der Waals surface area contributed by atoms with E-state index in [0.29, 0.717) is 19.2 Å². The minimum absolute atomic E-state index is 0.0630. The van der Waals surface area contributed by atoms with E-state index in [2.05, 4.69) is 96.8 Å². The molecule has 0 saturated carbocycles. The number of aliphatic hydroxyl groups is 1. The molecule has 44 heavy (non-hydrogen) atoms. The molecule has 5 aromatic rings. The molecule has 0 amide bonds. The van der Waals surface area contributed by atoms with Crippen LogP contribution in [0.15, 0.2) is 106 Å². The number of piperidine rings is 1. The highest BCUT2D eigenvalue weighted by Gasteiger charge is 2.32. The number of hydrogen-bond acceptors (Lipinski definition) is 6. The number of aliphatic hydroxyl groups excluding tert-OH is 1. The smallest absolute Gasteiger partial charge is 0.316 e. The molecule has 1 saturated heterocycles. The Kier molecular flexibility index (Phi) is 10.4. The molecule has 3 unspecified atom stereocenters. The van der Waals surface area contributed by atoms with Crippen molar-refractivity contribution in [3.05, 3.63) is 134 Å². The molecular formula is C36H35Br2N3O3. The molecular weight excluding hydrogens is 682 g/mol. The first-order valence-corrected chi connectivity index (χ1v) is 16.6. The number of halogens is 2. The Bertz CT molecular complexity index is 1680. The van der Waals surface area contributed by atoms with Gasteiger partial charge in [-0.05, 0) is 76.3 Å². The molecule has 1 aromatic heterocycles. The molecule has 226 valence electrons. The van der Waals surface area contributed by atoms with Gasteiger partial charge in [-0.15, -0.1) is 0 Å². The van der Waals surface area contributed by atoms with Gasteiger partial charge in [-0.25, -0.2) is 4.98 Å². The second-order valence-electron chi connectivity index (χ2n) is 11.1. The van der Waals surface area contributed by atoms with Gasteiger partial charge in [-0.3, -0.25) is 0 Å². The zero-order chi connectivity index (χ0) is 30.3. The summed E-state index contributed by atoms with van der Waals surface area (Å²) in [4.78, 5) is 9.63. The van der Waals surface area contributed by atoms with Crippen molar-refractivity contribution in [3.8, 4) is 6.01 Å². The summed E-state index contributed by atoms with van der Waals surface area (Å²) in [5.41, 5.74) is 5.09. The molecule has 2 heterocycles. The standard InChI is InChI=1S/C36H35Br2N3O3/c37-29-11-6-24(7-12-29)16-18-43-36-40-20-32(35(41-36)33(22-42)27-9-13-30(38)14-10-27)31-15-17-39-21-34(31)44-23-25-5-8-26-3-1-2-4-28(26)19-25/h1-14,19-20,31,33-34,39,42H,15-18,21-23H2. The minimum atomic E-state index is -0.328. The van der Waals surface area contributed by atoms with Crippen LogP contribution < -0.4 is 10.1 Å². The summed E-state index contributed by atoms with van der Waals surface area (Å²) in [5, 5.41) is 16.6. The van der Waals surface area contributed by atoms with Crippen LogP contribution in [0.5, 0.6) is 6.01 Å². The predicted octanol–water partition coefficient (Wildman–Crippen LogP) is 7.56. The molecule has 1 aliphatic heterocycles. The van der Waals surface area contributed by atoms with E-state index in [1.165, 1.54) is 16.3 Å². The Morgan fingerprint density at radius 2 is 1.61 bits per heavy atom. The molecule has 2 N–H and O–H groups in total. The Morgan fingerprint density at radius 3 is 2.39 bits per heavy atom. The number of nitrogens with one attached hydrogen (secondary N) is 1. The predicted molar refractivity (Wildman–Crippen MR) is 181 cm³/mol. The van der Waals surface area contributed by atoms with Crippen LogP contribution in [0.2, 0.25) is 0 Å². The second-order valence-corrected chi connectivity index (χ2v) is 13.0. The number of nitrogens with zero attached hydrogens (tertiary/aromatic N) is 2. The summed E-state index contributed by atoms with van der Waals surface area (Å²) >= 11 is 7.02. The quantitative estimate of drug-likeness (QED) is 0.147. The van der Waals surface area contributed by atoms with Gasteiger partial charge >= 0.3 is 6.01 Å². The van der Waals surface area contributed by atoms with E-state index in [-0.39, 0.29) is 24.5 Å². The first-order chi connectivity index (χ1) is 21.6. The monoisotopic (exact) mass is 715 g/mol. The van der Waals surface area contributed by atoms with Crippen molar-refractivity contribution < 1.29 is 14.6 Å². The van der Waals surface area contributed by atoms with E-state index in [0.717, 1.165) is 57.3 Å². The van der Waals surface area contributed by atoms with E-state index >= 15 is 0 Å². The molecule has 1 fully saturated rings. The third-order valence-corrected chi connectivity index (χ3v) is 9.31. The fraction of sp³-hybridized carbons (Fsp3) is 0.278. The molecule has 4 aromatic carbocycles. The van der Waals surface area contributed by atoms with Crippen molar-refractivity contribution >= 4 is 42.6 Å². The second kappa shape index (κ2) is 14.8. The van der Waals surface area contributed by atoms with Gasteiger partial charge in [-0.2, -0.15) is 4.98 Å². The van der Waals surface area contributed by atoms with Gasteiger partial charge in [0.05, 0.1) is 31.6 Å². The summed E-state index contributed by atoms with van der Waals surface area (Å²) in [7, 11) is 0. The molecule has 0 bridgehead atoms. The molecule has 1 aliphatic rings. The lowest BCUT2D eigenvalue weighted by atomic mass is 9.83. The number of ether oxygens (including phenoxy) is 2. The highest BCUT2D eigenvalue weighted by atomic mass is 79.9. The van der Waals surface area contributed by atoms with Crippen LogP contribution in [0, 0.1) is 0 Å². The van der Waals surface area contributed by atoms with E-state index in [1.807, 2.05) is 42.6 Å². The van der Waals surface area contributed by atoms with Gasteiger partial charge in [-0.1, -0.05) is 92.5 Å². The van der Waals surface area contributed by atoms with Gasteiger partial charge in [0, 0.05) is 39.9 Å². The van der Waals surface area contributed by atoms with Crippen LogP contribution in [-0.2, 0) is 17.8 Å². The van der Waals surface area contributed by atoms with Crippen LogP contribution in [0.1, 0.15) is 46.2 Å². The highest BCUT2D eigenvalue weighted by molar-refractivity contribution is 9.10. The lowest BCUT2D eigenvalue weighted by molar-refractivity contribution is 0.0101. The fourth-order valence-electron chi connectivity index (χ4n) is 5.87. The number of hydrogen-bond donors (Lipinski definition) is 2. The summed E-state index contributed by atoms with van der Waals surface area (Å²) in [6.45, 7) is 2.47. The van der Waals surface area contributed by atoms with Gasteiger partial charge in [0.2, 0.25) is 0 Å². The van der Waals surface area contributed by atoms with Crippen LogP contribution in [0.4, 0.5) is 0 Å². The summed E-state index contributed by atoms with van der Waals surface area (Å²) in [6.07, 6.45) is 3.43. The Balaban J connectivity index is 1.26. The average molecular weight is 718 g/mol. The SMILES string of the molecule is OCC(c1ccc(Br)cc1)c1nc(OCCc2ccc(Br)cc2)ncc1C1CCNCC1OCc1ccc2ccccc2c1. The van der Waals surface area contributed by atoms with E-state index in [1.54, 1.807) is 0 Å². The lowest BCUT2D eigenvalue weighted by Crippen LogP contribution is -2.41. The Morgan fingerprint density at radius 1 is 0.886 bits per heavy atom. The highest BCUT2D eigenvalue weighted by Crippen LogP contribution is 2.36. The van der Waals surface area contributed by atoms with Gasteiger partial charge in [0.25, 0.3) is 0 Å². The normalized spacial score (nSPS) is 17.4. The van der Waals surface area contributed by atoms with Crippen molar-refractivity contribution in [1.82, 2.24) is 15.3 Å². The Labute approximate surface area is 275 Å². The molecule has 6 nitrogen and oxygen atoms in total. The van der Waals surface area contributed by atoms with Crippen molar-refractivity contribution in [2.45, 2.75) is 37.4 Å². The third kappa shape index (κ3) is 7.56. The third-order valence-electron chi connectivity index (χ3n) is 8.25. The summed E-state index contributed by atoms with van der Waals surface area (Å²) < 4.78 is 14.7. The molecule has 3 atom stereocenters. The zero-order valence-corrected chi connectivity index (χ0v) is 27.5. The maximum atomic E-state index is 10.7. The molecule has 0 spiro atoms. The van der Waals surface area contributed by atoms with Crippen molar-refractivity contribution in [1.29, 1.82) is 0 Å². The number of benzene rings is 4. The summed E-state index contributed by atoms with van der Waals surface area (Å²) in [6, 6.07) is 31.4. The van der Waals surface area contributed by atoms with E-state index in [9.17, 15) is 5.11 Å². The summed E-state index contributed by atoms with van der Waals surface area (Å²) in [5.74, 6) is -0.265. The lowest BCUT2D eigenvalue weighted by Gasteiger charge is -2.34. The molecule has 0 radical (unpaired) electrons. The van der Waals surface area contributed by atoms with Gasteiger partial charge < -0.3 is 19.9 Å². The Hall–Kier alpha value is -3.14. The first kappa shape index (κ1) is 30.9. The number of aromatic nitrogens is 2. The maximum Gasteiger partial charge on any atom is 0.316 e. The van der Waals surface area contributed by atoms with E-state index < -0.39 is 0 Å². The average Bonchev–Trinajstić information content (AvgIpc) is 3.06. The van der Waals surface area contributed by atoms with Crippen LogP contribution in [-0.4, -0.2) is 47.5 Å². The van der Waals surface area contributed by atoms with Gasteiger partial charge in [0.1, 0.15) is 0 Å². The zero-order valence-electron chi connectivity index (χ0n) is 24.3. The van der Waals surface area contributed by atoms with E-state index in [4.69, 9.17) is 14.5 Å². The topological polar surface area (TPSA) is 76.5 Å². The fourth-order valence-corrected chi connectivity index (χ4v) is 6.40. The van der Waals surface area contributed by atoms with Crippen molar-refractivity contribution in [3.63, 3.8) is 0 Å². The van der Waals surface area contributed by atoms with Crippen molar-refractivity contribution in [2.75, 3.05) is 26.3 Å². The molecule has 0 aliphatic carbocycles. The minimum Gasteiger partial charge on any atom is -0.463 e. The van der Waals surface area contributed by atoms with Crippen molar-refractivity contribution in [2.24, 2.45) is 0 Å². The van der Waals surface area contributed by atoms with Crippen LogP contribution >= 0.6 is 31.9 Å². The molecule has 8 heteroatoms. The molecule has 6 rings (SSSR count). The van der Waals surface area contributed by atoms with Crippen LogP contribution in [0.3, 0.4) is 0 Å². The first-order valence-electron chi connectivity index (χ1n) is 15.0. The van der Waals surface area contributed by atoms with Gasteiger partial charge in [0.15, 0.2) is 0 Å².